The number of anilines is 3. The number of benzene rings is 1. The van der Waals surface area contributed by atoms with Gasteiger partial charge in [0.2, 0.25) is 5.95 Å². The Bertz CT molecular complexity index is 1200. The number of hydrogen-bond acceptors (Lipinski definition) is 8. The highest BCUT2D eigenvalue weighted by Gasteiger charge is 2.17. The number of carbonyl (C=O) groups excluding carboxylic acids is 2. The molecule has 0 aliphatic heterocycles. The highest BCUT2D eigenvalue weighted by atomic mass is 16.6. The Balaban J connectivity index is 1.55. The van der Waals surface area contributed by atoms with Crippen molar-refractivity contribution in [2.24, 2.45) is 0 Å². The van der Waals surface area contributed by atoms with Gasteiger partial charge < -0.3 is 30.7 Å². The number of amides is 2. The summed E-state index contributed by atoms with van der Waals surface area (Å²) < 4.78 is 10.9. The maximum atomic E-state index is 12.6. The molecule has 2 aromatic rings. The zero-order chi connectivity index (χ0) is 27.5. The van der Waals surface area contributed by atoms with Crippen molar-refractivity contribution in [1.82, 2.24) is 20.6 Å². The molecule has 0 fully saturated rings. The van der Waals surface area contributed by atoms with Gasteiger partial charge in [0.25, 0.3) is 5.91 Å². The van der Waals surface area contributed by atoms with Crippen LogP contribution in [0.3, 0.4) is 0 Å². The molecule has 0 radical (unpaired) electrons. The molecular formula is C28H36N6O4. The zero-order valence-corrected chi connectivity index (χ0v) is 22.3. The van der Waals surface area contributed by atoms with E-state index in [-0.39, 0.29) is 25.1 Å². The van der Waals surface area contributed by atoms with Gasteiger partial charge in [0, 0.05) is 42.7 Å². The Labute approximate surface area is 223 Å². The van der Waals surface area contributed by atoms with Crippen LogP contribution in [0.4, 0.5) is 22.2 Å². The number of alkyl carbamates (subject to hydrolysis) is 1. The molecule has 3 rings (SSSR count). The van der Waals surface area contributed by atoms with E-state index in [1.807, 2.05) is 25.1 Å². The molecular weight excluding hydrogens is 484 g/mol. The van der Waals surface area contributed by atoms with E-state index in [0.29, 0.717) is 36.0 Å². The number of hydrogen-bond donors (Lipinski definition) is 4. The van der Waals surface area contributed by atoms with Crippen molar-refractivity contribution in [3.63, 3.8) is 0 Å². The summed E-state index contributed by atoms with van der Waals surface area (Å²) in [5.74, 6) is 0.760. The highest BCUT2D eigenvalue weighted by molar-refractivity contribution is 5.95. The van der Waals surface area contributed by atoms with Gasteiger partial charge in [-0.15, -0.1) is 6.58 Å². The van der Waals surface area contributed by atoms with Crippen LogP contribution in [0.2, 0.25) is 0 Å². The van der Waals surface area contributed by atoms with E-state index in [2.05, 4.69) is 37.8 Å². The van der Waals surface area contributed by atoms with E-state index in [4.69, 9.17) is 9.47 Å². The average Bonchev–Trinajstić information content (AvgIpc) is 2.86. The molecule has 0 saturated heterocycles. The molecule has 1 aromatic carbocycles. The predicted octanol–water partition coefficient (Wildman–Crippen LogP) is 4.69. The predicted molar refractivity (Wildman–Crippen MR) is 148 cm³/mol. The highest BCUT2D eigenvalue weighted by Crippen LogP contribution is 2.23. The van der Waals surface area contributed by atoms with Crippen LogP contribution in [0.5, 0.6) is 0 Å². The third-order valence-corrected chi connectivity index (χ3v) is 5.26. The van der Waals surface area contributed by atoms with E-state index >= 15 is 0 Å². The fraction of sp³-hybridized carbons (Fsp3) is 0.357. The molecule has 202 valence electrons. The number of nitrogens with one attached hydrogen (secondary N) is 4. The van der Waals surface area contributed by atoms with Crippen LogP contribution in [0, 0.1) is 0 Å². The normalized spacial score (nSPS) is 15.0. The van der Waals surface area contributed by atoms with Crippen molar-refractivity contribution in [3.05, 3.63) is 78.2 Å². The molecule has 0 saturated carbocycles. The van der Waals surface area contributed by atoms with Crippen LogP contribution in [-0.2, 0) is 9.47 Å². The molecule has 0 spiro atoms. The largest absolute Gasteiger partial charge is 0.444 e. The van der Waals surface area contributed by atoms with Crippen molar-refractivity contribution < 1.29 is 19.1 Å². The Morgan fingerprint density at radius 3 is 2.71 bits per heavy atom. The molecule has 1 aliphatic rings. The van der Waals surface area contributed by atoms with Gasteiger partial charge in [-0.3, -0.25) is 4.79 Å². The van der Waals surface area contributed by atoms with E-state index < -0.39 is 11.7 Å². The summed E-state index contributed by atoms with van der Waals surface area (Å²) in [6, 6.07) is 8.80. The van der Waals surface area contributed by atoms with Crippen molar-refractivity contribution in [2.45, 2.75) is 45.8 Å². The van der Waals surface area contributed by atoms with Gasteiger partial charge in [-0.1, -0.05) is 24.3 Å². The number of nitrogens with zero attached hydrogens (tertiary/aromatic N) is 2. The average molecular weight is 521 g/mol. The molecule has 1 heterocycles. The Morgan fingerprint density at radius 1 is 1.16 bits per heavy atom. The minimum Gasteiger partial charge on any atom is -0.444 e. The Kier molecular flexibility index (Phi) is 10.0. The van der Waals surface area contributed by atoms with Gasteiger partial charge in [-0.05, 0) is 57.5 Å². The van der Waals surface area contributed by atoms with Gasteiger partial charge in [-0.2, -0.15) is 4.98 Å². The van der Waals surface area contributed by atoms with Crippen molar-refractivity contribution >= 4 is 29.5 Å². The number of rotatable bonds is 11. The quantitative estimate of drug-likeness (QED) is 0.248. The summed E-state index contributed by atoms with van der Waals surface area (Å²) >= 11 is 0. The van der Waals surface area contributed by atoms with E-state index in [0.717, 1.165) is 11.3 Å². The Morgan fingerprint density at radius 2 is 1.95 bits per heavy atom. The first-order valence-corrected chi connectivity index (χ1v) is 12.5. The van der Waals surface area contributed by atoms with Crippen molar-refractivity contribution in [3.8, 4) is 0 Å². The lowest BCUT2D eigenvalue weighted by molar-refractivity contribution is 0.0526. The summed E-state index contributed by atoms with van der Waals surface area (Å²) in [5.41, 5.74) is 2.67. The summed E-state index contributed by atoms with van der Waals surface area (Å²) in [4.78, 5) is 33.1. The second-order valence-electron chi connectivity index (χ2n) is 9.67. The minimum atomic E-state index is -0.577. The molecule has 10 nitrogen and oxygen atoms in total. The molecule has 1 aromatic heterocycles. The smallest absolute Gasteiger partial charge is 0.407 e. The summed E-state index contributed by atoms with van der Waals surface area (Å²) in [5, 5.41) is 11.9. The van der Waals surface area contributed by atoms with Gasteiger partial charge in [0.1, 0.15) is 11.4 Å². The van der Waals surface area contributed by atoms with Crippen LogP contribution < -0.4 is 21.3 Å². The molecule has 10 heteroatoms. The third kappa shape index (κ3) is 9.36. The molecule has 0 bridgehead atoms. The van der Waals surface area contributed by atoms with Crippen LogP contribution >= 0.6 is 0 Å². The molecule has 1 unspecified atom stereocenters. The lowest BCUT2D eigenvalue weighted by Crippen LogP contribution is -2.37. The number of aromatic nitrogens is 2. The van der Waals surface area contributed by atoms with Crippen LogP contribution in [-0.4, -0.2) is 53.4 Å². The summed E-state index contributed by atoms with van der Waals surface area (Å²) in [6.45, 7) is 12.1. The first kappa shape index (κ1) is 28.4. The maximum absolute atomic E-state index is 12.6. The first-order chi connectivity index (χ1) is 18.1. The van der Waals surface area contributed by atoms with E-state index in [1.165, 1.54) is 0 Å². The summed E-state index contributed by atoms with van der Waals surface area (Å²) in [7, 11) is 0. The molecule has 1 atom stereocenters. The number of carbonyl (C=O) groups is 2. The zero-order valence-electron chi connectivity index (χ0n) is 22.3. The van der Waals surface area contributed by atoms with E-state index in [1.54, 1.807) is 57.3 Å². The molecule has 4 N–H and O–H groups in total. The Hall–Kier alpha value is -4.18. The van der Waals surface area contributed by atoms with Crippen molar-refractivity contribution in [1.29, 1.82) is 0 Å². The maximum Gasteiger partial charge on any atom is 0.407 e. The van der Waals surface area contributed by atoms with Gasteiger partial charge in [-0.25, -0.2) is 9.78 Å². The molecule has 38 heavy (non-hydrogen) atoms. The third-order valence-electron chi connectivity index (χ3n) is 5.26. The second-order valence-corrected chi connectivity index (χ2v) is 9.67. The minimum absolute atomic E-state index is 0.0272. The van der Waals surface area contributed by atoms with Crippen LogP contribution in [0.15, 0.2) is 72.6 Å². The number of allylic oxidation sites excluding steroid dienone is 2. The SMILES string of the molecule is C=CCOC1C=CC(C)=C(Nc2ccnc(Nc3cccc(C(=O)NCCNC(=O)OC(C)(C)C)c3)n2)C1. The van der Waals surface area contributed by atoms with Crippen molar-refractivity contribution in [2.75, 3.05) is 30.3 Å². The fourth-order valence-electron chi connectivity index (χ4n) is 3.51. The van der Waals surface area contributed by atoms with Crippen LogP contribution in [0.1, 0.15) is 44.5 Å². The monoisotopic (exact) mass is 520 g/mol. The van der Waals surface area contributed by atoms with Gasteiger partial charge >= 0.3 is 6.09 Å². The van der Waals surface area contributed by atoms with E-state index in [9.17, 15) is 9.59 Å². The second kappa shape index (κ2) is 13.4. The van der Waals surface area contributed by atoms with Gasteiger partial charge in [0.15, 0.2) is 0 Å². The molecule has 2 amide bonds. The molecule has 1 aliphatic carbocycles. The summed E-state index contributed by atoms with van der Waals surface area (Å²) in [6.07, 6.45) is 7.61. The lowest BCUT2D eigenvalue weighted by atomic mass is 10.0. The topological polar surface area (TPSA) is 126 Å². The number of ether oxygens (including phenoxy) is 2. The first-order valence-electron chi connectivity index (χ1n) is 12.5. The lowest BCUT2D eigenvalue weighted by Gasteiger charge is -2.22. The standard InChI is InChI=1S/C28H36N6O4/c1-6-16-37-22-11-10-19(2)23(18-22)33-24-12-13-30-26(34-24)32-21-9-7-8-20(17-21)25(35)29-14-15-31-27(36)38-28(3,4)5/h6-13,17,22H,1,14-16,18H2,2-5H3,(H,29,35)(H,31,36)(H2,30,32,33,34). The van der Waals surface area contributed by atoms with Crippen LogP contribution in [0.25, 0.3) is 0 Å². The van der Waals surface area contributed by atoms with Gasteiger partial charge in [0.05, 0.1) is 12.7 Å². The fourth-order valence-corrected chi connectivity index (χ4v) is 3.51.